The second-order valence-corrected chi connectivity index (χ2v) is 16.8. The van der Waals surface area contributed by atoms with Gasteiger partial charge in [-0.1, -0.05) is 29.8 Å². The molecule has 0 radical (unpaired) electrons. The summed E-state index contributed by atoms with van der Waals surface area (Å²) >= 11 is 6.93. The number of hydrogen-bond acceptors (Lipinski definition) is 11. The van der Waals surface area contributed by atoms with Crippen LogP contribution < -0.4 is 22.0 Å². The molecule has 0 aliphatic heterocycles. The highest BCUT2D eigenvalue weighted by Gasteiger charge is 2.24. The Morgan fingerprint density at radius 1 is 0.952 bits per heavy atom. The SMILES string of the molecule is COCCn1cc2c(CCCC(=O)OC(C)(C)C)c(Nc3nc(=O)n(-c4cncc5cccc(CNC(=O)OC(C)(C)C)c45)c(=O)n3Cc3cc(F)c(F)c(F)c3)c(Cl)cc2n1. The van der Waals surface area contributed by atoms with Gasteiger partial charge < -0.3 is 24.8 Å². The van der Waals surface area contributed by atoms with Gasteiger partial charge in [0.1, 0.15) is 11.2 Å². The summed E-state index contributed by atoms with van der Waals surface area (Å²) in [4.78, 5) is 62.9. The molecule has 0 saturated heterocycles. The Morgan fingerprint density at radius 3 is 2.34 bits per heavy atom. The lowest BCUT2D eigenvalue weighted by molar-refractivity contribution is -0.154. The first-order chi connectivity index (χ1) is 29.2. The zero-order valence-electron chi connectivity index (χ0n) is 35.2. The summed E-state index contributed by atoms with van der Waals surface area (Å²) in [5.41, 5.74) is -2.07. The number of methoxy groups -OCH3 is 1. The van der Waals surface area contributed by atoms with Crippen LogP contribution in [0.5, 0.6) is 0 Å². The highest BCUT2D eigenvalue weighted by atomic mass is 35.5. The van der Waals surface area contributed by atoms with Crippen molar-refractivity contribution in [2.24, 2.45) is 0 Å². The number of halogens is 4. The van der Waals surface area contributed by atoms with Crippen molar-refractivity contribution in [1.82, 2.24) is 34.2 Å². The summed E-state index contributed by atoms with van der Waals surface area (Å²) in [5, 5.41) is 11.9. The van der Waals surface area contributed by atoms with Gasteiger partial charge in [0.2, 0.25) is 5.95 Å². The number of aromatic nitrogens is 6. The molecular weight excluding hydrogens is 833 g/mol. The first-order valence-electron chi connectivity index (χ1n) is 19.6. The molecular formula is C43H46ClF3N8O7. The van der Waals surface area contributed by atoms with Gasteiger partial charge in [0, 0.05) is 48.6 Å². The van der Waals surface area contributed by atoms with Gasteiger partial charge in [0.05, 0.1) is 47.8 Å². The standard InChI is InChI=1S/C43H46ClF3N8O7/c1-42(2,3)61-34(56)13-9-12-27-28-23-53(14-15-60-7)52-32(28)18-29(44)37(27)50-38-51-39(57)55(41(59)54(38)22-24-16-30(45)36(47)31(46)17-24)33-21-48-19-25-10-8-11-26(35(25)33)20-49-40(58)62-43(4,5)6/h8,10-11,16-19,21,23H,9,12-15,20,22H2,1-7H3,(H,49,58)(H,50,51,57). The molecule has 0 saturated carbocycles. The normalized spacial score (nSPS) is 11.9. The fourth-order valence-corrected chi connectivity index (χ4v) is 7.03. The largest absolute Gasteiger partial charge is 0.460 e. The number of nitrogens with one attached hydrogen (secondary N) is 2. The van der Waals surface area contributed by atoms with Gasteiger partial charge in [0.15, 0.2) is 17.5 Å². The number of anilines is 2. The number of esters is 1. The number of amides is 1. The zero-order chi connectivity index (χ0) is 45.1. The highest BCUT2D eigenvalue weighted by Crippen LogP contribution is 2.36. The number of nitrogens with zero attached hydrogens (tertiary/aromatic N) is 6. The number of fused-ring (bicyclic) bond motifs is 2. The van der Waals surface area contributed by atoms with E-state index in [1.54, 1.807) is 83.8 Å². The number of alkyl carbamates (subject to hydrolysis) is 1. The number of carbonyl (C=O) groups excluding carboxylic acids is 2. The average Bonchev–Trinajstić information content (AvgIpc) is 3.58. The van der Waals surface area contributed by atoms with Crippen LogP contribution in [0.1, 0.15) is 71.1 Å². The Morgan fingerprint density at radius 2 is 1.66 bits per heavy atom. The second kappa shape index (κ2) is 18.4. The smallest absolute Gasteiger partial charge is 0.407 e. The predicted octanol–water partition coefficient (Wildman–Crippen LogP) is 7.49. The van der Waals surface area contributed by atoms with Gasteiger partial charge in [-0.15, -0.1) is 0 Å². The molecule has 0 atom stereocenters. The molecule has 2 N–H and O–H groups in total. The minimum atomic E-state index is -1.71. The Labute approximate surface area is 358 Å². The third kappa shape index (κ3) is 10.6. The molecule has 3 heterocycles. The van der Waals surface area contributed by atoms with Crippen LogP contribution in [0.2, 0.25) is 5.02 Å². The minimum Gasteiger partial charge on any atom is -0.460 e. The van der Waals surface area contributed by atoms with Crippen LogP contribution in [0.4, 0.5) is 29.6 Å². The maximum absolute atomic E-state index is 14.8. The molecule has 62 heavy (non-hydrogen) atoms. The van der Waals surface area contributed by atoms with Crippen LogP contribution in [-0.4, -0.2) is 65.9 Å². The average molecular weight is 879 g/mol. The maximum Gasteiger partial charge on any atom is 0.407 e. The fourth-order valence-electron chi connectivity index (χ4n) is 6.77. The molecule has 1 amide bonds. The molecule has 19 heteroatoms. The molecule has 15 nitrogen and oxygen atoms in total. The summed E-state index contributed by atoms with van der Waals surface area (Å²) in [5.74, 6) is -5.53. The number of rotatable bonds is 14. The molecule has 0 aliphatic rings. The van der Waals surface area contributed by atoms with Gasteiger partial charge >= 0.3 is 23.4 Å². The molecule has 0 fully saturated rings. The van der Waals surface area contributed by atoms with Crippen molar-refractivity contribution in [3.63, 3.8) is 0 Å². The van der Waals surface area contributed by atoms with Crippen LogP contribution >= 0.6 is 11.6 Å². The molecule has 0 aliphatic carbocycles. The predicted molar refractivity (Wildman–Crippen MR) is 227 cm³/mol. The monoisotopic (exact) mass is 878 g/mol. The van der Waals surface area contributed by atoms with E-state index in [2.05, 4.69) is 25.7 Å². The van der Waals surface area contributed by atoms with Gasteiger partial charge in [-0.3, -0.25) is 19.0 Å². The molecule has 0 unspecified atom stereocenters. The Balaban J connectivity index is 1.52. The van der Waals surface area contributed by atoms with E-state index in [1.165, 1.54) is 12.4 Å². The summed E-state index contributed by atoms with van der Waals surface area (Å²) < 4.78 is 62.9. The van der Waals surface area contributed by atoms with Crippen LogP contribution in [-0.2, 0) is 45.1 Å². The molecule has 328 valence electrons. The lowest BCUT2D eigenvalue weighted by Crippen LogP contribution is -2.42. The third-order valence-electron chi connectivity index (χ3n) is 9.28. The van der Waals surface area contributed by atoms with Crippen molar-refractivity contribution >= 4 is 57.0 Å². The van der Waals surface area contributed by atoms with Gasteiger partial charge in [-0.2, -0.15) is 10.1 Å². The van der Waals surface area contributed by atoms with Crippen molar-refractivity contribution in [2.45, 2.75) is 91.6 Å². The second-order valence-electron chi connectivity index (χ2n) is 16.4. The number of carbonyl (C=O) groups is 2. The maximum atomic E-state index is 14.8. The lowest BCUT2D eigenvalue weighted by Gasteiger charge is -2.21. The van der Waals surface area contributed by atoms with Crippen molar-refractivity contribution < 1.29 is 37.0 Å². The van der Waals surface area contributed by atoms with E-state index < -0.39 is 58.6 Å². The Kier molecular flexibility index (Phi) is 13.4. The lowest BCUT2D eigenvalue weighted by atomic mass is 10.0. The van der Waals surface area contributed by atoms with Gasteiger partial charge in [-0.25, -0.2) is 32.1 Å². The Hall–Kier alpha value is -6.27. The van der Waals surface area contributed by atoms with Gasteiger partial charge in [0.25, 0.3) is 0 Å². The number of pyridine rings is 1. The topological polar surface area (TPSA) is 173 Å². The van der Waals surface area contributed by atoms with Crippen LogP contribution in [0.3, 0.4) is 0 Å². The molecule has 6 aromatic rings. The van der Waals surface area contributed by atoms with Crippen molar-refractivity contribution in [2.75, 3.05) is 19.0 Å². The molecule has 3 aromatic carbocycles. The van der Waals surface area contributed by atoms with E-state index in [-0.39, 0.29) is 53.7 Å². The summed E-state index contributed by atoms with van der Waals surface area (Å²) in [6, 6.07) is 8.10. The van der Waals surface area contributed by atoms with Crippen molar-refractivity contribution in [3.8, 4) is 5.69 Å². The minimum absolute atomic E-state index is 0.0193. The zero-order valence-corrected chi connectivity index (χ0v) is 36.0. The van der Waals surface area contributed by atoms with Crippen LogP contribution in [0.15, 0.2) is 64.6 Å². The molecule has 6 rings (SSSR count). The van der Waals surface area contributed by atoms with E-state index >= 15 is 0 Å². The van der Waals surface area contributed by atoms with E-state index in [0.717, 1.165) is 21.3 Å². The Bertz CT molecular complexity index is 2770. The van der Waals surface area contributed by atoms with E-state index in [1.807, 2.05) is 0 Å². The fraction of sp³-hybridized carbons (Fsp3) is 0.372. The van der Waals surface area contributed by atoms with Crippen molar-refractivity contribution in [3.05, 3.63) is 115 Å². The summed E-state index contributed by atoms with van der Waals surface area (Å²) in [7, 11) is 1.55. The van der Waals surface area contributed by atoms with Crippen LogP contribution in [0, 0.1) is 17.5 Å². The number of aryl methyl sites for hydroxylation is 1. The number of ether oxygens (including phenoxy) is 3. The van der Waals surface area contributed by atoms with Crippen LogP contribution in [0.25, 0.3) is 27.4 Å². The molecule has 0 bridgehead atoms. The quantitative estimate of drug-likeness (QED) is 0.0820. The van der Waals surface area contributed by atoms with E-state index in [9.17, 15) is 32.3 Å². The van der Waals surface area contributed by atoms with E-state index in [0.29, 0.717) is 46.0 Å². The highest BCUT2D eigenvalue weighted by molar-refractivity contribution is 6.34. The molecule has 0 spiro atoms. The first kappa shape index (κ1) is 45.3. The first-order valence-corrected chi connectivity index (χ1v) is 20.0. The van der Waals surface area contributed by atoms with Gasteiger partial charge in [-0.05, 0) is 89.3 Å². The number of hydrogen-bond donors (Lipinski definition) is 2. The molecule has 3 aromatic heterocycles. The summed E-state index contributed by atoms with van der Waals surface area (Å²) in [6.45, 7) is 10.5. The third-order valence-corrected chi connectivity index (χ3v) is 9.57. The summed E-state index contributed by atoms with van der Waals surface area (Å²) in [6.07, 6.45) is 4.40. The number of benzene rings is 3. The van der Waals surface area contributed by atoms with E-state index in [4.69, 9.17) is 25.8 Å². The van der Waals surface area contributed by atoms with Crippen molar-refractivity contribution in [1.29, 1.82) is 0 Å².